The number of anilines is 1. The minimum atomic E-state index is -3.72. The van der Waals surface area contributed by atoms with Crippen molar-refractivity contribution < 1.29 is 17.9 Å². The first-order valence-corrected chi connectivity index (χ1v) is 10.8. The number of methoxy groups -OCH3 is 1. The highest BCUT2D eigenvalue weighted by Crippen LogP contribution is 2.46. The maximum absolute atomic E-state index is 12.7. The average Bonchev–Trinajstić information content (AvgIpc) is 3.03. The molecule has 27 heavy (non-hydrogen) atoms. The molecule has 1 unspecified atom stereocenters. The number of aliphatic imine (C=N–C) groups is 1. The molecule has 0 bridgehead atoms. The molecule has 0 radical (unpaired) electrons. The molecule has 2 aliphatic rings. The lowest BCUT2D eigenvalue weighted by molar-refractivity contribution is 0.232. The Morgan fingerprint density at radius 2 is 2.04 bits per heavy atom. The third-order valence-electron chi connectivity index (χ3n) is 4.66. The first kappa shape index (κ1) is 18.0. The van der Waals surface area contributed by atoms with Crippen molar-refractivity contribution >= 4 is 32.6 Å². The molecule has 0 aromatic heterocycles. The van der Waals surface area contributed by atoms with Crippen molar-refractivity contribution in [2.45, 2.75) is 16.9 Å². The Hall–Kier alpha value is -2.39. The van der Waals surface area contributed by atoms with Crippen LogP contribution < -0.4 is 19.9 Å². The van der Waals surface area contributed by atoms with Gasteiger partial charge in [-0.3, -0.25) is 9.71 Å². The molecule has 2 aromatic carbocycles. The Labute approximate surface area is 162 Å². The van der Waals surface area contributed by atoms with Gasteiger partial charge < -0.3 is 15.2 Å². The predicted octanol–water partition coefficient (Wildman–Crippen LogP) is 2.54. The van der Waals surface area contributed by atoms with E-state index in [0.29, 0.717) is 35.4 Å². The Morgan fingerprint density at radius 3 is 2.70 bits per heavy atom. The van der Waals surface area contributed by atoms with Gasteiger partial charge in [0.2, 0.25) is 0 Å². The van der Waals surface area contributed by atoms with Crippen molar-refractivity contribution in [2.75, 3.05) is 24.2 Å². The van der Waals surface area contributed by atoms with Crippen LogP contribution in [0.1, 0.15) is 12.0 Å². The predicted molar refractivity (Wildman–Crippen MR) is 106 cm³/mol. The number of hydrogen-bond acceptors (Lipinski definition) is 7. The number of rotatable bonds is 4. The van der Waals surface area contributed by atoms with Crippen LogP contribution >= 0.6 is 11.8 Å². The summed E-state index contributed by atoms with van der Waals surface area (Å²) in [6.45, 7) is 0.557. The second kappa shape index (κ2) is 6.65. The summed E-state index contributed by atoms with van der Waals surface area (Å²) >= 11 is 1.51. The number of nitrogens with zero attached hydrogens (tertiary/aromatic N) is 1. The molecule has 2 aliphatic heterocycles. The molecule has 1 spiro atoms. The Morgan fingerprint density at radius 1 is 1.26 bits per heavy atom. The summed E-state index contributed by atoms with van der Waals surface area (Å²) < 4.78 is 38.8. The van der Waals surface area contributed by atoms with Gasteiger partial charge >= 0.3 is 0 Å². The standard InChI is InChI=1S/C18H19N3O4S2/c1-24-13-3-5-14(6-4-13)27(22,23)21-12-2-7-16-15(10-12)18(8-9-25-16)11-26-17(19)20-18/h2-7,10,21H,8-9,11H2,1H3,(H2,19,20). The fraction of sp³-hybridized carbons (Fsp3) is 0.278. The van der Waals surface area contributed by atoms with Crippen molar-refractivity contribution in [1.29, 1.82) is 0 Å². The van der Waals surface area contributed by atoms with E-state index in [4.69, 9.17) is 15.2 Å². The number of nitrogens with one attached hydrogen (secondary N) is 1. The van der Waals surface area contributed by atoms with Crippen LogP contribution in [0.2, 0.25) is 0 Å². The van der Waals surface area contributed by atoms with E-state index in [2.05, 4.69) is 9.71 Å². The van der Waals surface area contributed by atoms with Crippen LogP contribution in [0, 0.1) is 0 Å². The van der Waals surface area contributed by atoms with E-state index in [1.807, 2.05) is 0 Å². The zero-order chi connectivity index (χ0) is 19.1. The quantitative estimate of drug-likeness (QED) is 0.810. The highest BCUT2D eigenvalue weighted by Gasteiger charge is 2.41. The molecule has 0 saturated heterocycles. The second-order valence-electron chi connectivity index (χ2n) is 6.36. The number of amidine groups is 1. The number of sulfonamides is 1. The lowest BCUT2D eigenvalue weighted by atomic mass is 9.86. The molecule has 2 aromatic rings. The van der Waals surface area contributed by atoms with Crippen molar-refractivity contribution in [3.05, 3.63) is 48.0 Å². The zero-order valence-electron chi connectivity index (χ0n) is 14.6. The minimum absolute atomic E-state index is 0.158. The molecule has 0 amide bonds. The van der Waals surface area contributed by atoms with Gasteiger partial charge in [0.05, 0.1) is 18.6 Å². The van der Waals surface area contributed by atoms with Gasteiger partial charge in [0.1, 0.15) is 17.0 Å². The number of nitrogens with two attached hydrogens (primary N) is 1. The monoisotopic (exact) mass is 405 g/mol. The fourth-order valence-corrected chi connectivity index (χ4v) is 5.29. The summed E-state index contributed by atoms with van der Waals surface area (Å²) in [6, 6.07) is 11.5. The molecule has 7 nitrogen and oxygen atoms in total. The molecule has 4 rings (SSSR count). The van der Waals surface area contributed by atoms with Crippen molar-refractivity contribution in [3.8, 4) is 11.5 Å². The first-order valence-electron chi connectivity index (χ1n) is 8.34. The highest BCUT2D eigenvalue weighted by atomic mass is 32.2. The summed E-state index contributed by atoms with van der Waals surface area (Å²) in [5.74, 6) is 2.04. The summed E-state index contributed by atoms with van der Waals surface area (Å²) in [7, 11) is -2.19. The van der Waals surface area contributed by atoms with E-state index in [1.54, 1.807) is 30.3 Å². The lowest BCUT2D eigenvalue weighted by Gasteiger charge is -2.32. The topological polar surface area (TPSA) is 103 Å². The van der Waals surface area contributed by atoms with Crippen LogP contribution in [0.5, 0.6) is 11.5 Å². The lowest BCUT2D eigenvalue weighted by Crippen LogP contribution is -2.32. The second-order valence-corrected chi connectivity index (χ2v) is 9.04. The molecule has 3 N–H and O–H groups in total. The largest absolute Gasteiger partial charge is 0.497 e. The minimum Gasteiger partial charge on any atom is -0.497 e. The van der Waals surface area contributed by atoms with E-state index in [-0.39, 0.29) is 4.90 Å². The smallest absolute Gasteiger partial charge is 0.261 e. The number of thioether (sulfide) groups is 1. The Balaban J connectivity index is 1.66. The number of benzene rings is 2. The summed E-state index contributed by atoms with van der Waals surface area (Å²) in [5, 5.41) is 0.548. The van der Waals surface area contributed by atoms with Crippen LogP contribution in [0.3, 0.4) is 0 Å². The van der Waals surface area contributed by atoms with E-state index in [1.165, 1.54) is 31.0 Å². The molecule has 0 saturated carbocycles. The van der Waals surface area contributed by atoms with E-state index in [0.717, 1.165) is 11.3 Å². The summed E-state index contributed by atoms with van der Waals surface area (Å²) in [5.41, 5.74) is 6.75. The third-order valence-corrected chi connectivity index (χ3v) is 7.07. The van der Waals surface area contributed by atoms with Crippen LogP contribution in [-0.4, -0.2) is 33.1 Å². The molecule has 0 aliphatic carbocycles. The molecule has 1 atom stereocenters. The molecular weight excluding hydrogens is 386 g/mol. The third kappa shape index (κ3) is 3.32. The number of ether oxygens (including phenoxy) is 2. The van der Waals surface area contributed by atoms with Crippen LogP contribution in [0.15, 0.2) is 52.4 Å². The molecule has 142 valence electrons. The zero-order valence-corrected chi connectivity index (χ0v) is 16.3. The number of fused-ring (bicyclic) bond motifs is 2. The Bertz CT molecular complexity index is 1010. The van der Waals surface area contributed by atoms with Gasteiger partial charge in [0.25, 0.3) is 10.0 Å². The molecule has 0 fully saturated rings. The SMILES string of the molecule is COc1ccc(S(=O)(=O)Nc2ccc3c(c2)C2(CCO3)CSC(N)=N2)cc1. The van der Waals surface area contributed by atoms with Crippen LogP contribution in [0.4, 0.5) is 5.69 Å². The molecular formula is C18H19N3O4S2. The van der Waals surface area contributed by atoms with Gasteiger partial charge in [-0.15, -0.1) is 0 Å². The van der Waals surface area contributed by atoms with Crippen molar-refractivity contribution in [3.63, 3.8) is 0 Å². The van der Waals surface area contributed by atoms with E-state index in [9.17, 15) is 8.42 Å². The van der Waals surface area contributed by atoms with Crippen LogP contribution in [-0.2, 0) is 15.6 Å². The first-order chi connectivity index (χ1) is 12.9. The van der Waals surface area contributed by atoms with Gasteiger partial charge in [-0.2, -0.15) is 0 Å². The van der Waals surface area contributed by atoms with Gasteiger partial charge in [-0.1, -0.05) is 11.8 Å². The van der Waals surface area contributed by atoms with E-state index < -0.39 is 15.6 Å². The van der Waals surface area contributed by atoms with Gasteiger partial charge in [-0.05, 0) is 42.5 Å². The van der Waals surface area contributed by atoms with Crippen molar-refractivity contribution in [1.82, 2.24) is 0 Å². The van der Waals surface area contributed by atoms with Crippen LogP contribution in [0.25, 0.3) is 0 Å². The maximum Gasteiger partial charge on any atom is 0.261 e. The number of hydrogen-bond donors (Lipinski definition) is 2. The van der Waals surface area contributed by atoms with Gasteiger partial charge in [0.15, 0.2) is 5.17 Å². The normalized spacial score (nSPS) is 21.3. The Kier molecular flexibility index (Phi) is 4.43. The summed E-state index contributed by atoms with van der Waals surface area (Å²) in [6.07, 6.45) is 0.711. The molecule has 2 heterocycles. The highest BCUT2D eigenvalue weighted by molar-refractivity contribution is 8.14. The van der Waals surface area contributed by atoms with Gasteiger partial charge in [-0.25, -0.2) is 8.42 Å². The van der Waals surface area contributed by atoms with E-state index >= 15 is 0 Å². The average molecular weight is 406 g/mol. The molecule has 9 heteroatoms. The summed E-state index contributed by atoms with van der Waals surface area (Å²) in [4.78, 5) is 4.78. The van der Waals surface area contributed by atoms with Crippen molar-refractivity contribution in [2.24, 2.45) is 10.7 Å². The maximum atomic E-state index is 12.7. The van der Waals surface area contributed by atoms with Gasteiger partial charge in [0, 0.05) is 23.4 Å². The fourth-order valence-electron chi connectivity index (χ4n) is 3.25.